The predicted octanol–water partition coefficient (Wildman–Crippen LogP) is 1.48. The fraction of sp³-hybridized carbons (Fsp3) is 0.412. The smallest absolute Gasteiger partial charge is 0.337 e. The number of nitrogens with two attached hydrogens (primary N) is 1. The van der Waals surface area contributed by atoms with E-state index in [1.807, 2.05) is 0 Å². The van der Waals surface area contributed by atoms with E-state index in [9.17, 15) is 18.4 Å². The maximum Gasteiger partial charge on any atom is 0.337 e. The van der Waals surface area contributed by atoms with E-state index in [-0.39, 0.29) is 31.6 Å². The summed E-state index contributed by atoms with van der Waals surface area (Å²) in [5.74, 6) is -1.41. The van der Waals surface area contributed by atoms with Crippen molar-refractivity contribution in [3.05, 3.63) is 46.1 Å². The molecular formula is C17H23ClN3O6S-. The van der Waals surface area contributed by atoms with Gasteiger partial charge in [-0.15, -0.1) is 0 Å². The lowest BCUT2D eigenvalue weighted by atomic mass is 9.96. The number of nitrogens with one attached hydrogen (secondary N) is 1. The predicted molar refractivity (Wildman–Crippen MR) is 103 cm³/mol. The topological polar surface area (TPSA) is 145 Å². The molecule has 0 aliphatic carbocycles. The lowest BCUT2D eigenvalue weighted by Gasteiger charge is -2.25. The molecule has 0 aromatic heterocycles. The van der Waals surface area contributed by atoms with Crippen molar-refractivity contribution in [3.8, 4) is 0 Å². The molecule has 1 aromatic carbocycles. The first-order chi connectivity index (χ1) is 13.2. The number of ether oxygens (including phenoxy) is 1. The molecule has 0 bridgehead atoms. The zero-order valence-electron chi connectivity index (χ0n) is 15.5. The van der Waals surface area contributed by atoms with E-state index >= 15 is 0 Å². The van der Waals surface area contributed by atoms with Gasteiger partial charge in [-0.05, 0) is 43.5 Å². The molecule has 4 N–H and O–H groups in total. The van der Waals surface area contributed by atoms with E-state index < -0.39 is 29.2 Å². The van der Waals surface area contributed by atoms with E-state index in [0.717, 1.165) is 16.1 Å². The largest absolute Gasteiger partial charge is 0.755 e. The van der Waals surface area contributed by atoms with Gasteiger partial charge in [-0.3, -0.25) is 14.2 Å². The molecule has 0 aliphatic heterocycles. The van der Waals surface area contributed by atoms with E-state index in [1.54, 1.807) is 32.0 Å². The Morgan fingerprint density at radius 2 is 2.18 bits per heavy atom. The van der Waals surface area contributed by atoms with Gasteiger partial charge in [0.05, 0.1) is 18.2 Å². The molecule has 1 amide bonds. The first-order valence-electron chi connectivity index (χ1n) is 8.40. The third kappa shape index (κ3) is 7.21. The molecule has 2 unspecified atom stereocenters. The van der Waals surface area contributed by atoms with Crippen LogP contribution in [0.2, 0.25) is 5.02 Å². The Labute approximate surface area is 170 Å². The summed E-state index contributed by atoms with van der Waals surface area (Å²) in [5.41, 5.74) is 8.94. The Hall–Kier alpha value is -1.98. The molecule has 0 radical (unpaired) electrons. The van der Waals surface area contributed by atoms with Gasteiger partial charge in [0.15, 0.2) is 0 Å². The number of carbonyl (C=O) groups is 2. The number of hydroxylamine groups is 1. The standard InChI is InChI=1S/C17H24ClN3O6S/c1-3-27-17(23)14(16(19)13-7-6-12(18)9-11(13)2)10-21(28(25)26)8-4-5-15(22)20-24/h6-7,9-10,16,24H,3-5,8,19H2,1-2H3,(H,20,22)(H,25,26)/p-1/b14-10+. The van der Waals surface area contributed by atoms with E-state index in [0.29, 0.717) is 10.6 Å². The number of esters is 1. The van der Waals surface area contributed by atoms with Crippen LogP contribution in [0.5, 0.6) is 0 Å². The van der Waals surface area contributed by atoms with Gasteiger partial charge >= 0.3 is 5.97 Å². The first kappa shape index (κ1) is 24.1. The molecule has 0 fully saturated rings. The highest BCUT2D eigenvalue weighted by atomic mass is 35.5. The number of amides is 1. The Bertz CT molecular complexity index is 758. The van der Waals surface area contributed by atoms with Crippen molar-refractivity contribution in [3.63, 3.8) is 0 Å². The summed E-state index contributed by atoms with van der Waals surface area (Å²) in [5, 5.41) is 9.00. The highest BCUT2D eigenvalue weighted by Gasteiger charge is 2.23. The lowest BCUT2D eigenvalue weighted by Crippen LogP contribution is -2.28. The average molecular weight is 433 g/mol. The number of carbonyl (C=O) groups excluding carboxylic acids is 2. The number of rotatable bonds is 10. The second-order valence-corrected chi connectivity index (χ2v) is 7.12. The minimum Gasteiger partial charge on any atom is -0.755 e. The van der Waals surface area contributed by atoms with Crippen LogP contribution in [-0.4, -0.2) is 43.3 Å². The molecule has 156 valence electrons. The van der Waals surface area contributed by atoms with E-state index in [4.69, 9.17) is 27.3 Å². The van der Waals surface area contributed by atoms with Gasteiger partial charge in [-0.2, -0.15) is 0 Å². The molecule has 0 saturated heterocycles. The summed E-state index contributed by atoms with van der Waals surface area (Å²) in [6, 6.07) is 3.99. The zero-order valence-corrected chi connectivity index (χ0v) is 17.1. The Kier molecular flexibility index (Phi) is 10.1. The third-order valence-corrected chi connectivity index (χ3v) is 4.70. The van der Waals surface area contributed by atoms with Crippen molar-refractivity contribution in [2.75, 3.05) is 13.2 Å². The first-order valence-corrected chi connectivity index (χ1v) is 9.81. The Morgan fingerprint density at radius 3 is 2.71 bits per heavy atom. The second kappa shape index (κ2) is 11.8. The van der Waals surface area contributed by atoms with Gasteiger partial charge in [0.25, 0.3) is 0 Å². The fourth-order valence-corrected chi connectivity index (χ4v) is 3.12. The highest BCUT2D eigenvalue weighted by molar-refractivity contribution is 7.76. The molecule has 0 aliphatic rings. The van der Waals surface area contributed by atoms with Gasteiger partial charge in [0.2, 0.25) is 5.91 Å². The molecular weight excluding hydrogens is 410 g/mol. The zero-order chi connectivity index (χ0) is 21.3. The SMILES string of the molecule is CCOC(=O)/C(=C/N(CCCC(=O)NO)S(=O)[O-])C(N)c1ccc(Cl)cc1C. The quantitative estimate of drug-likeness (QED) is 0.167. The van der Waals surface area contributed by atoms with Gasteiger partial charge < -0.3 is 19.3 Å². The van der Waals surface area contributed by atoms with Crippen LogP contribution >= 0.6 is 11.6 Å². The van der Waals surface area contributed by atoms with Crippen LogP contribution in [0.1, 0.15) is 36.9 Å². The average Bonchev–Trinajstić information content (AvgIpc) is 2.63. The summed E-state index contributed by atoms with van der Waals surface area (Å²) in [6.45, 7) is 3.37. The summed E-state index contributed by atoms with van der Waals surface area (Å²) in [4.78, 5) is 23.5. The van der Waals surface area contributed by atoms with Gasteiger partial charge in [0.1, 0.15) is 0 Å². The maximum absolute atomic E-state index is 12.4. The van der Waals surface area contributed by atoms with Crippen LogP contribution in [0.25, 0.3) is 0 Å². The highest BCUT2D eigenvalue weighted by Crippen LogP contribution is 2.26. The fourth-order valence-electron chi connectivity index (χ4n) is 2.42. The molecule has 28 heavy (non-hydrogen) atoms. The molecule has 0 heterocycles. The van der Waals surface area contributed by atoms with Crippen molar-refractivity contribution in [1.29, 1.82) is 0 Å². The van der Waals surface area contributed by atoms with Crippen molar-refractivity contribution in [1.82, 2.24) is 9.79 Å². The van der Waals surface area contributed by atoms with Crippen LogP contribution in [-0.2, 0) is 25.6 Å². The maximum atomic E-state index is 12.4. The summed E-state index contributed by atoms with van der Waals surface area (Å²) < 4.78 is 29.0. The van der Waals surface area contributed by atoms with Crippen LogP contribution in [0.4, 0.5) is 0 Å². The molecule has 0 saturated carbocycles. The number of aryl methyl sites for hydroxylation is 1. The molecule has 9 nitrogen and oxygen atoms in total. The molecule has 0 spiro atoms. The van der Waals surface area contributed by atoms with Crippen molar-refractivity contribution >= 4 is 34.7 Å². The molecule has 1 aromatic rings. The monoisotopic (exact) mass is 432 g/mol. The summed E-state index contributed by atoms with van der Waals surface area (Å²) >= 11 is 3.23. The minimum atomic E-state index is -2.71. The molecule has 1 rings (SSSR count). The summed E-state index contributed by atoms with van der Waals surface area (Å²) in [7, 11) is 0. The number of nitrogens with zero attached hydrogens (tertiary/aromatic N) is 1. The Balaban J connectivity index is 3.19. The molecule has 2 atom stereocenters. The normalized spacial score (nSPS) is 13.6. The van der Waals surface area contributed by atoms with E-state index in [2.05, 4.69) is 0 Å². The van der Waals surface area contributed by atoms with Gasteiger partial charge in [-0.25, -0.2) is 10.3 Å². The van der Waals surface area contributed by atoms with Crippen LogP contribution in [0, 0.1) is 6.92 Å². The number of hydrogen-bond donors (Lipinski definition) is 3. The van der Waals surface area contributed by atoms with Crippen molar-refractivity contribution < 1.29 is 28.3 Å². The van der Waals surface area contributed by atoms with Crippen LogP contribution in [0.15, 0.2) is 30.0 Å². The Morgan fingerprint density at radius 1 is 1.50 bits per heavy atom. The third-order valence-electron chi connectivity index (χ3n) is 3.79. The van der Waals surface area contributed by atoms with Gasteiger partial charge in [-0.1, -0.05) is 17.7 Å². The lowest BCUT2D eigenvalue weighted by molar-refractivity contribution is -0.139. The van der Waals surface area contributed by atoms with Crippen molar-refractivity contribution in [2.45, 2.75) is 32.7 Å². The molecule has 11 heteroatoms. The second-order valence-electron chi connectivity index (χ2n) is 5.78. The van der Waals surface area contributed by atoms with Crippen LogP contribution in [0.3, 0.4) is 0 Å². The van der Waals surface area contributed by atoms with Crippen molar-refractivity contribution in [2.24, 2.45) is 5.73 Å². The minimum absolute atomic E-state index is 0.0666. The number of benzene rings is 1. The summed E-state index contributed by atoms with van der Waals surface area (Å²) in [6.07, 6.45) is 1.11. The van der Waals surface area contributed by atoms with Crippen LogP contribution < -0.4 is 11.2 Å². The van der Waals surface area contributed by atoms with E-state index in [1.165, 1.54) is 5.48 Å². The van der Waals surface area contributed by atoms with Gasteiger partial charge in [0, 0.05) is 35.5 Å². The number of hydrogen-bond acceptors (Lipinski definition) is 7. The number of halogens is 1.